The van der Waals surface area contributed by atoms with E-state index in [1.807, 2.05) is 12.3 Å². The van der Waals surface area contributed by atoms with Gasteiger partial charge in [-0.15, -0.1) is 24.2 Å². The zero-order chi connectivity index (χ0) is 13.2. The van der Waals surface area contributed by atoms with Gasteiger partial charge in [-0.2, -0.15) is 4.31 Å². The van der Waals surface area contributed by atoms with E-state index in [4.69, 9.17) is 5.73 Å². The molecule has 0 amide bonds. The van der Waals surface area contributed by atoms with E-state index >= 15 is 0 Å². The van der Waals surface area contributed by atoms with Crippen LogP contribution in [0.4, 0.5) is 0 Å². The molecule has 1 aromatic carbocycles. The second-order valence-corrected chi connectivity index (χ2v) is 7.25. The standard InChI is InChI=1S/C12H18N2O2S2.ClH/c1-17-11-3-2-4-12(7-11)18(15,16)14-6-5-10(8-13)9-14;/h2-4,7,10H,5-6,8-9,13H2,1H3;1H. The van der Waals surface area contributed by atoms with Gasteiger partial charge in [0.1, 0.15) is 0 Å². The van der Waals surface area contributed by atoms with Crippen molar-refractivity contribution in [2.45, 2.75) is 16.2 Å². The van der Waals surface area contributed by atoms with Crippen LogP contribution in [-0.2, 0) is 10.0 Å². The van der Waals surface area contributed by atoms with Crippen molar-refractivity contribution in [2.75, 3.05) is 25.9 Å². The van der Waals surface area contributed by atoms with E-state index in [1.54, 1.807) is 34.3 Å². The van der Waals surface area contributed by atoms with Crippen molar-refractivity contribution in [2.24, 2.45) is 11.7 Å². The molecule has 0 bridgehead atoms. The van der Waals surface area contributed by atoms with E-state index in [1.165, 1.54) is 0 Å². The third-order valence-corrected chi connectivity index (χ3v) is 5.85. The minimum atomic E-state index is -3.35. The van der Waals surface area contributed by atoms with Crippen molar-refractivity contribution in [3.8, 4) is 0 Å². The summed E-state index contributed by atoms with van der Waals surface area (Å²) in [6.07, 6.45) is 2.80. The lowest BCUT2D eigenvalue weighted by Gasteiger charge is -2.16. The molecule has 108 valence electrons. The summed E-state index contributed by atoms with van der Waals surface area (Å²) < 4.78 is 26.4. The Morgan fingerprint density at radius 2 is 2.21 bits per heavy atom. The van der Waals surface area contributed by atoms with Crippen molar-refractivity contribution < 1.29 is 8.42 Å². The molecule has 19 heavy (non-hydrogen) atoms. The predicted molar refractivity (Wildman–Crippen MR) is 81.4 cm³/mol. The number of hydrogen-bond donors (Lipinski definition) is 1. The third kappa shape index (κ3) is 3.64. The highest BCUT2D eigenvalue weighted by atomic mass is 35.5. The van der Waals surface area contributed by atoms with E-state index in [9.17, 15) is 8.42 Å². The first-order valence-electron chi connectivity index (χ1n) is 5.92. The van der Waals surface area contributed by atoms with Crippen LogP contribution in [0.5, 0.6) is 0 Å². The lowest BCUT2D eigenvalue weighted by Crippen LogP contribution is -2.30. The maximum absolute atomic E-state index is 12.4. The van der Waals surface area contributed by atoms with Crippen LogP contribution < -0.4 is 5.73 Å². The second-order valence-electron chi connectivity index (χ2n) is 4.43. The van der Waals surface area contributed by atoms with Gasteiger partial charge in [0.2, 0.25) is 10.0 Å². The molecule has 1 fully saturated rings. The SMILES string of the molecule is CSc1cccc(S(=O)(=O)N2CCC(CN)C2)c1.Cl. The normalized spacial score (nSPS) is 20.2. The lowest BCUT2D eigenvalue weighted by molar-refractivity contribution is 0.459. The van der Waals surface area contributed by atoms with Gasteiger partial charge < -0.3 is 5.73 Å². The molecule has 0 saturated carbocycles. The maximum atomic E-state index is 12.4. The molecular weight excluding hydrogens is 304 g/mol. The van der Waals surface area contributed by atoms with E-state index in [-0.39, 0.29) is 12.4 Å². The molecule has 1 atom stereocenters. The molecule has 1 aliphatic heterocycles. The average molecular weight is 323 g/mol. The molecule has 1 aliphatic rings. The van der Waals surface area contributed by atoms with Crippen LogP contribution in [0.25, 0.3) is 0 Å². The summed E-state index contributed by atoms with van der Waals surface area (Å²) in [5.74, 6) is 0.295. The Kier molecular flexibility index (Phi) is 6.14. The van der Waals surface area contributed by atoms with Crippen molar-refractivity contribution in [1.82, 2.24) is 4.31 Å². The molecule has 0 aromatic heterocycles. The lowest BCUT2D eigenvalue weighted by atomic mass is 10.1. The molecule has 2 rings (SSSR count). The van der Waals surface area contributed by atoms with E-state index < -0.39 is 10.0 Å². The highest BCUT2D eigenvalue weighted by molar-refractivity contribution is 7.98. The van der Waals surface area contributed by atoms with Crippen molar-refractivity contribution in [3.63, 3.8) is 0 Å². The number of nitrogens with two attached hydrogens (primary N) is 1. The highest BCUT2D eigenvalue weighted by Gasteiger charge is 2.31. The molecule has 4 nitrogen and oxygen atoms in total. The number of rotatable bonds is 4. The first-order chi connectivity index (χ1) is 8.57. The summed E-state index contributed by atoms with van der Waals surface area (Å²) in [7, 11) is -3.35. The number of nitrogens with zero attached hydrogens (tertiary/aromatic N) is 1. The van der Waals surface area contributed by atoms with Gasteiger partial charge in [-0.05, 0) is 43.3 Å². The number of thioether (sulfide) groups is 1. The van der Waals surface area contributed by atoms with Gasteiger partial charge in [0, 0.05) is 18.0 Å². The van der Waals surface area contributed by atoms with Gasteiger partial charge >= 0.3 is 0 Å². The Hall–Kier alpha value is -0.270. The Balaban J connectivity index is 0.00000180. The van der Waals surface area contributed by atoms with Crippen molar-refractivity contribution >= 4 is 34.2 Å². The fraction of sp³-hybridized carbons (Fsp3) is 0.500. The molecule has 7 heteroatoms. The number of sulfonamides is 1. The molecule has 0 radical (unpaired) electrons. The van der Waals surface area contributed by atoms with Gasteiger partial charge in [-0.3, -0.25) is 0 Å². The molecule has 1 aromatic rings. The Morgan fingerprint density at radius 1 is 1.47 bits per heavy atom. The maximum Gasteiger partial charge on any atom is 0.243 e. The molecule has 0 spiro atoms. The summed E-state index contributed by atoms with van der Waals surface area (Å²) in [6, 6.07) is 7.09. The molecule has 0 aliphatic carbocycles. The topological polar surface area (TPSA) is 63.4 Å². The number of benzene rings is 1. The van der Waals surface area contributed by atoms with Gasteiger partial charge in [0.15, 0.2) is 0 Å². The zero-order valence-corrected chi connectivity index (χ0v) is 13.2. The minimum absolute atomic E-state index is 0. The zero-order valence-electron chi connectivity index (χ0n) is 10.8. The van der Waals surface area contributed by atoms with Crippen LogP contribution in [0, 0.1) is 5.92 Å². The number of halogens is 1. The highest BCUT2D eigenvalue weighted by Crippen LogP contribution is 2.26. The fourth-order valence-corrected chi connectivity index (χ4v) is 4.23. The Bertz CT molecular complexity index is 522. The van der Waals surface area contributed by atoms with Gasteiger partial charge in [0.25, 0.3) is 0 Å². The number of hydrogen-bond acceptors (Lipinski definition) is 4. The fourth-order valence-electron chi connectivity index (χ4n) is 2.12. The smallest absolute Gasteiger partial charge is 0.243 e. The Labute approximate surface area is 125 Å². The van der Waals surface area contributed by atoms with Crippen LogP contribution in [0.2, 0.25) is 0 Å². The van der Waals surface area contributed by atoms with E-state index in [2.05, 4.69) is 0 Å². The third-order valence-electron chi connectivity index (χ3n) is 3.26. The molecule has 1 unspecified atom stereocenters. The predicted octanol–water partition coefficient (Wildman–Crippen LogP) is 1.80. The van der Waals surface area contributed by atoms with E-state index in [0.29, 0.717) is 30.4 Å². The van der Waals surface area contributed by atoms with Gasteiger partial charge in [0.05, 0.1) is 4.90 Å². The first-order valence-corrected chi connectivity index (χ1v) is 8.58. The van der Waals surface area contributed by atoms with Gasteiger partial charge in [-0.1, -0.05) is 6.07 Å². The monoisotopic (exact) mass is 322 g/mol. The summed E-state index contributed by atoms with van der Waals surface area (Å²) in [5, 5.41) is 0. The van der Waals surface area contributed by atoms with Crippen molar-refractivity contribution in [3.05, 3.63) is 24.3 Å². The first kappa shape index (κ1) is 16.8. The van der Waals surface area contributed by atoms with Crippen LogP contribution >= 0.6 is 24.2 Å². The van der Waals surface area contributed by atoms with Crippen LogP contribution in [0.3, 0.4) is 0 Å². The minimum Gasteiger partial charge on any atom is -0.330 e. The molecule has 1 saturated heterocycles. The van der Waals surface area contributed by atoms with Crippen LogP contribution in [-0.4, -0.2) is 38.6 Å². The quantitative estimate of drug-likeness (QED) is 0.859. The van der Waals surface area contributed by atoms with Crippen LogP contribution in [0.15, 0.2) is 34.1 Å². The van der Waals surface area contributed by atoms with Gasteiger partial charge in [-0.25, -0.2) is 8.42 Å². The Morgan fingerprint density at radius 3 is 2.79 bits per heavy atom. The largest absolute Gasteiger partial charge is 0.330 e. The molecule has 2 N–H and O–H groups in total. The second kappa shape index (κ2) is 6.95. The average Bonchev–Trinajstić information content (AvgIpc) is 2.88. The summed E-state index contributed by atoms with van der Waals surface area (Å²) in [6.45, 7) is 1.67. The van der Waals surface area contributed by atoms with Crippen molar-refractivity contribution in [1.29, 1.82) is 0 Å². The molecule has 1 heterocycles. The molecular formula is C12H19ClN2O2S2. The summed E-state index contributed by atoms with van der Waals surface area (Å²) >= 11 is 1.54. The van der Waals surface area contributed by atoms with Crippen LogP contribution in [0.1, 0.15) is 6.42 Å². The summed E-state index contributed by atoms with van der Waals surface area (Å²) in [5.41, 5.74) is 5.60. The van der Waals surface area contributed by atoms with E-state index in [0.717, 1.165) is 11.3 Å². The summed E-state index contributed by atoms with van der Waals surface area (Å²) in [4.78, 5) is 1.35.